The summed E-state index contributed by atoms with van der Waals surface area (Å²) in [5, 5.41) is 16.4. The average molecular weight is 250 g/mol. The van der Waals surface area contributed by atoms with Crippen molar-refractivity contribution in [1.29, 1.82) is 0 Å². The normalized spacial score (nSPS) is 14.9. The van der Waals surface area contributed by atoms with Crippen LogP contribution in [0.2, 0.25) is 0 Å². The number of hydrogen-bond donors (Lipinski definition) is 0. The third-order valence-corrected chi connectivity index (χ3v) is 3.86. The van der Waals surface area contributed by atoms with E-state index in [1.54, 1.807) is 16.7 Å². The predicted octanol–water partition coefficient (Wildman–Crippen LogP) is 0.302. The molecule has 7 heteroatoms. The minimum absolute atomic E-state index is 0.0877. The minimum Gasteiger partial charge on any atom is -0.858 e. The smallest absolute Gasteiger partial charge is 0.253 e. The van der Waals surface area contributed by atoms with Gasteiger partial charge in [-0.05, 0) is 18.6 Å². The van der Waals surface area contributed by atoms with Gasteiger partial charge in [0.05, 0.1) is 5.69 Å². The molecule has 0 aromatic carbocycles. The molecule has 0 amide bonds. The van der Waals surface area contributed by atoms with Crippen molar-refractivity contribution in [3.63, 3.8) is 0 Å². The Labute approximate surface area is 103 Å². The topological polar surface area (TPSA) is 69.4 Å². The highest BCUT2D eigenvalue weighted by Crippen LogP contribution is 2.34. The monoisotopic (exact) mass is 250 g/mol. The molecule has 0 aliphatic carbocycles. The molecule has 1 aliphatic rings. The molecule has 0 radical (unpaired) electrons. The molecule has 90 valence electrons. The maximum Gasteiger partial charge on any atom is 0.253 e. The van der Waals surface area contributed by atoms with Crippen molar-refractivity contribution < 1.29 is 5.11 Å². The fraction of sp³-hybridized carbons (Fsp3) is 0.500. The van der Waals surface area contributed by atoms with Crippen molar-refractivity contribution in [3.05, 3.63) is 5.69 Å². The Kier molecular flexibility index (Phi) is 2.36. The van der Waals surface area contributed by atoms with Crippen molar-refractivity contribution >= 4 is 23.5 Å². The van der Waals surface area contributed by atoms with Gasteiger partial charge in [-0.3, -0.25) is 0 Å². The summed E-state index contributed by atoms with van der Waals surface area (Å²) in [6.45, 7) is 0. The molecule has 0 fully saturated rings. The van der Waals surface area contributed by atoms with Crippen LogP contribution >= 0.6 is 11.8 Å². The van der Waals surface area contributed by atoms with Crippen molar-refractivity contribution in [3.8, 4) is 5.88 Å². The third kappa shape index (κ3) is 1.61. The molecule has 0 saturated carbocycles. The lowest BCUT2D eigenvalue weighted by Crippen LogP contribution is -2.12. The van der Waals surface area contributed by atoms with Crippen LogP contribution in [0.5, 0.6) is 5.88 Å². The summed E-state index contributed by atoms with van der Waals surface area (Å²) in [6.07, 6.45) is 1.92. The summed E-state index contributed by atoms with van der Waals surface area (Å²) in [5.74, 6) is 1.81. The molecule has 6 nitrogen and oxygen atoms in total. The molecule has 2 aromatic rings. The van der Waals surface area contributed by atoms with Crippen LogP contribution in [0, 0.1) is 0 Å². The first-order valence-electron chi connectivity index (χ1n) is 5.43. The van der Waals surface area contributed by atoms with E-state index >= 15 is 0 Å². The van der Waals surface area contributed by atoms with Gasteiger partial charge in [0.2, 0.25) is 5.95 Å². The van der Waals surface area contributed by atoms with Gasteiger partial charge in [-0.15, -0.1) is 16.9 Å². The largest absolute Gasteiger partial charge is 0.858 e. The van der Waals surface area contributed by atoms with Crippen LogP contribution in [0.1, 0.15) is 12.1 Å². The zero-order chi connectivity index (χ0) is 12.0. The Bertz CT molecular complexity index is 580. The van der Waals surface area contributed by atoms with Crippen LogP contribution in [0.25, 0.3) is 5.78 Å². The molecule has 17 heavy (non-hydrogen) atoms. The molecule has 3 heterocycles. The lowest BCUT2D eigenvalue weighted by atomic mass is 10.2. The molecule has 1 aliphatic heterocycles. The zero-order valence-corrected chi connectivity index (χ0v) is 10.5. The number of aryl methyl sites for hydroxylation is 1. The lowest BCUT2D eigenvalue weighted by molar-refractivity contribution is -0.282. The van der Waals surface area contributed by atoms with Gasteiger partial charge in [0.1, 0.15) is 0 Å². The minimum atomic E-state index is -0.0877. The summed E-state index contributed by atoms with van der Waals surface area (Å²) >= 11 is 1.57. The molecule has 0 N–H and O–H groups in total. The molecule has 0 unspecified atom stereocenters. The fourth-order valence-corrected chi connectivity index (χ4v) is 2.83. The van der Waals surface area contributed by atoms with Gasteiger partial charge in [0.25, 0.3) is 5.78 Å². The second-order valence-electron chi connectivity index (χ2n) is 4.16. The van der Waals surface area contributed by atoms with Gasteiger partial charge in [-0.2, -0.15) is 4.98 Å². The first-order valence-corrected chi connectivity index (χ1v) is 6.42. The highest BCUT2D eigenvalue weighted by Gasteiger charge is 2.17. The second-order valence-corrected chi connectivity index (χ2v) is 5.27. The van der Waals surface area contributed by atoms with E-state index < -0.39 is 0 Å². The van der Waals surface area contributed by atoms with Crippen molar-refractivity contribution in [2.24, 2.45) is 0 Å². The Hall–Kier alpha value is -1.50. The molecule has 0 bridgehead atoms. The van der Waals surface area contributed by atoms with Crippen LogP contribution in [0.15, 0.2) is 4.90 Å². The fourth-order valence-electron chi connectivity index (χ4n) is 1.81. The van der Waals surface area contributed by atoms with Gasteiger partial charge in [0, 0.05) is 24.9 Å². The second kappa shape index (κ2) is 3.76. The Morgan fingerprint density at radius 1 is 1.35 bits per heavy atom. The van der Waals surface area contributed by atoms with Crippen LogP contribution in [0.3, 0.4) is 0 Å². The molecule has 0 spiro atoms. The van der Waals surface area contributed by atoms with Gasteiger partial charge in [-0.25, -0.2) is 9.50 Å². The van der Waals surface area contributed by atoms with Crippen molar-refractivity contribution in [1.82, 2.24) is 19.6 Å². The van der Waals surface area contributed by atoms with Gasteiger partial charge in [0.15, 0.2) is 0 Å². The summed E-state index contributed by atoms with van der Waals surface area (Å²) < 4.78 is 1.30. The van der Waals surface area contributed by atoms with E-state index in [4.69, 9.17) is 0 Å². The number of aromatic nitrogens is 4. The van der Waals surface area contributed by atoms with Gasteiger partial charge in [-0.1, -0.05) is 0 Å². The van der Waals surface area contributed by atoms with E-state index in [-0.39, 0.29) is 5.88 Å². The maximum atomic E-state index is 12.2. The number of hydrogen-bond acceptors (Lipinski definition) is 6. The lowest BCUT2D eigenvalue weighted by Gasteiger charge is -2.20. The standard InChI is InChI=1S/C10H13N5OS/c1-14(2)10-12-9-11-6-4-3-5-17-7(6)8(16)15(9)13-10/h16H,3-5H2,1-2H3/p-1. The van der Waals surface area contributed by atoms with E-state index in [0.717, 1.165) is 29.2 Å². The number of thioether (sulfide) groups is 1. The molecular weight excluding hydrogens is 238 g/mol. The summed E-state index contributed by atoms with van der Waals surface area (Å²) in [6, 6.07) is 0. The number of nitrogens with zero attached hydrogens (tertiary/aromatic N) is 5. The quantitative estimate of drug-likeness (QED) is 0.725. The molecule has 2 aromatic heterocycles. The van der Waals surface area contributed by atoms with E-state index in [2.05, 4.69) is 15.1 Å². The van der Waals surface area contributed by atoms with E-state index in [9.17, 15) is 5.11 Å². The van der Waals surface area contributed by atoms with Gasteiger partial charge >= 0.3 is 0 Å². The Morgan fingerprint density at radius 2 is 2.18 bits per heavy atom. The van der Waals surface area contributed by atoms with E-state index in [1.807, 2.05) is 14.1 Å². The van der Waals surface area contributed by atoms with Gasteiger partial charge < -0.3 is 10.0 Å². The highest BCUT2D eigenvalue weighted by atomic mass is 32.2. The average Bonchev–Trinajstić information content (AvgIpc) is 2.74. The first-order chi connectivity index (χ1) is 8.16. The van der Waals surface area contributed by atoms with Crippen molar-refractivity contribution in [2.45, 2.75) is 17.7 Å². The van der Waals surface area contributed by atoms with E-state index in [1.165, 1.54) is 4.52 Å². The van der Waals surface area contributed by atoms with Crippen LogP contribution in [0.4, 0.5) is 5.95 Å². The molecule has 0 atom stereocenters. The maximum absolute atomic E-state index is 12.2. The van der Waals surface area contributed by atoms with E-state index in [0.29, 0.717) is 11.7 Å². The molecule has 3 rings (SSSR count). The molecule has 0 saturated heterocycles. The summed E-state index contributed by atoms with van der Waals surface area (Å²) in [5.41, 5.74) is 0.872. The van der Waals surface area contributed by atoms with Crippen LogP contribution in [-0.2, 0) is 6.42 Å². The van der Waals surface area contributed by atoms with Crippen LogP contribution < -0.4 is 10.0 Å². The SMILES string of the molecule is CN(C)c1nc2nc3c(c([O-])n2n1)SCCC3. The first kappa shape index (κ1) is 10.6. The van der Waals surface area contributed by atoms with Crippen molar-refractivity contribution in [2.75, 3.05) is 24.7 Å². The van der Waals surface area contributed by atoms with Crippen LogP contribution in [-0.4, -0.2) is 39.4 Å². The highest BCUT2D eigenvalue weighted by molar-refractivity contribution is 7.99. The third-order valence-electron chi connectivity index (χ3n) is 2.67. The Morgan fingerprint density at radius 3 is 2.94 bits per heavy atom. The summed E-state index contributed by atoms with van der Waals surface area (Å²) in [7, 11) is 3.68. The molecular formula is C10H12N5OS-. The predicted molar refractivity (Wildman–Crippen MR) is 63.6 cm³/mol. The summed E-state index contributed by atoms with van der Waals surface area (Å²) in [4.78, 5) is 11.2. The number of anilines is 1. The number of fused-ring (bicyclic) bond motifs is 2. The number of rotatable bonds is 1. The zero-order valence-electron chi connectivity index (χ0n) is 9.67. The Balaban J connectivity index is 2.25.